The van der Waals surface area contributed by atoms with Crippen LogP contribution in [0.5, 0.6) is 17.2 Å². The maximum absolute atomic E-state index is 13.2. The van der Waals surface area contributed by atoms with E-state index in [1.165, 1.54) is 36.9 Å². The highest BCUT2D eigenvalue weighted by Crippen LogP contribution is 2.32. The molecule has 0 aliphatic heterocycles. The third-order valence-corrected chi connectivity index (χ3v) is 19.4. The number of carboxylic acid groups (broad SMARTS) is 1. The van der Waals surface area contributed by atoms with E-state index in [4.69, 9.17) is 38.8 Å². The van der Waals surface area contributed by atoms with Gasteiger partial charge in [-0.3, -0.25) is 14.4 Å². The molecule has 636 valence electrons. The van der Waals surface area contributed by atoms with E-state index in [1.807, 2.05) is 157 Å². The van der Waals surface area contributed by atoms with Gasteiger partial charge in [0.2, 0.25) is 0 Å². The Balaban J connectivity index is 0.000000199. The number of nitrogens with one attached hydrogen (secondary N) is 2. The van der Waals surface area contributed by atoms with Crippen LogP contribution in [0.4, 0.5) is 0 Å². The fraction of sp³-hybridized carbons (Fsp3) is 0.273. The minimum absolute atomic E-state index is 0.101. The maximum Gasteiger partial charge on any atom is 0.491 e. The van der Waals surface area contributed by atoms with Crippen molar-refractivity contribution in [2.24, 2.45) is 0 Å². The molecule has 9 aromatic carbocycles. The maximum atomic E-state index is 13.2. The predicted molar refractivity (Wildman–Crippen MR) is 484 cm³/mol. The minimum atomic E-state index is -1.47. The lowest BCUT2D eigenvalue weighted by atomic mass is 9.83. The second-order valence-electron chi connectivity index (χ2n) is 30.9. The lowest BCUT2D eigenvalue weighted by Gasteiger charge is -2.19. The first-order valence-electron chi connectivity index (χ1n) is 41.2. The molecule has 0 unspecified atom stereocenters. The summed E-state index contributed by atoms with van der Waals surface area (Å²) in [4.78, 5) is 98.3. The molecule has 5 N–H and O–H groups in total. The van der Waals surface area contributed by atoms with Gasteiger partial charge in [-0.05, 0) is 227 Å². The highest BCUT2D eigenvalue weighted by Gasteiger charge is 2.22. The molecule has 0 aliphatic rings. The van der Waals surface area contributed by atoms with E-state index in [0.717, 1.165) is 123 Å². The molecule has 0 bridgehead atoms. The van der Waals surface area contributed by atoms with Crippen molar-refractivity contribution in [2.45, 2.75) is 144 Å². The molecule has 0 saturated heterocycles. The van der Waals surface area contributed by atoms with Gasteiger partial charge in [0, 0.05) is 77.8 Å². The third-order valence-electron chi connectivity index (χ3n) is 18.9. The number of carbonyl (C=O) groups is 6. The molecule has 0 atom stereocenters. The lowest BCUT2D eigenvalue weighted by Crippen LogP contribution is -2.30. The Kier molecular flexibility index (Phi) is 36.6. The summed E-state index contributed by atoms with van der Waals surface area (Å²) < 4.78 is 29.4. The average molecular weight is 1720 g/mol. The van der Waals surface area contributed by atoms with Crippen molar-refractivity contribution >= 4 is 64.0 Å². The number of carbonyl (C=O) groups excluding carboxylic acids is 5. The number of halogens is 1. The molecule has 2 amide bonds. The van der Waals surface area contributed by atoms with Crippen LogP contribution in [0.2, 0.25) is 0 Å². The van der Waals surface area contributed by atoms with Gasteiger partial charge in [0.15, 0.2) is 5.78 Å². The van der Waals surface area contributed by atoms with Crippen LogP contribution >= 0.6 is 15.9 Å². The number of unbranched alkanes of at least 4 members (excludes halogenated alkanes) is 3. The third kappa shape index (κ3) is 30.9. The van der Waals surface area contributed by atoms with Crippen LogP contribution in [0.1, 0.15) is 193 Å². The van der Waals surface area contributed by atoms with Crippen molar-refractivity contribution in [3.05, 3.63) is 311 Å². The molecule has 3 aromatic heterocycles. The van der Waals surface area contributed by atoms with Crippen molar-refractivity contribution < 1.29 is 67.6 Å². The monoisotopic (exact) mass is 1720 g/mol. The van der Waals surface area contributed by atoms with Gasteiger partial charge < -0.3 is 49.5 Å². The van der Waals surface area contributed by atoms with Crippen molar-refractivity contribution in [1.29, 1.82) is 0 Å². The summed E-state index contributed by atoms with van der Waals surface area (Å²) in [6.07, 6.45) is 23.1. The second kappa shape index (κ2) is 47.9. The first-order valence-corrected chi connectivity index (χ1v) is 42.0. The molecular weight excluding hydrogens is 1620 g/mol. The molecule has 0 spiro atoms. The fourth-order valence-electron chi connectivity index (χ4n) is 12.3. The number of Topliss-reactive ketones (excluding diaryl/α,β-unsaturated/α-hetero) is 1. The number of nitrogens with zero attached hydrogens (tertiary/aromatic N) is 6. The van der Waals surface area contributed by atoms with Crippen LogP contribution in [0.15, 0.2) is 261 Å². The van der Waals surface area contributed by atoms with Gasteiger partial charge in [-0.2, -0.15) is 0 Å². The zero-order chi connectivity index (χ0) is 88.1. The molecule has 123 heavy (non-hydrogen) atoms. The van der Waals surface area contributed by atoms with E-state index in [-0.39, 0.29) is 35.1 Å². The van der Waals surface area contributed by atoms with Crippen LogP contribution in [0.25, 0.3) is 55.6 Å². The molecule has 22 nitrogen and oxygen atoms in total. The van der Waals surface area contributed by atoms with Crippen LogP contribution in [-0.2, 0) is 28.7 Å². The average Bonchev–Trinajstić information content (AvgIpc) is 0.832. The van der Waals surface area contributed by atoms with Crippen molar-refractivity contribution in [3.8, 4) is 72.9 Å². The van der Waals surface area contributed by atoms with Crippen molar-refractivity contribution in [2.75, 3.05) is 32.9 Å². The number of ether oxygens (including phenoxy) is 5. The van der Waals surface area contributed by atoms with Crippen LogP contribution in [-0.4, -0.2) is 132 Å². The highest BCUT2D eigenvalue weighted by molar-refractivity contribution is 9.10. The standard InChI is InChI=1S/C34H37N3O4.C31H35BrO4.C30H29N3O4.C4H5BN2O2/c1-5-6-19-40-31-16-15-28(29-21-35-23-36-22-29)20-30(31)32(38)37-18-17-24-7-9-25(10-8-24)26-11-13-27(14-12-26)33(39)41-34(2,3)4;1-5-6-20-35-29-19-18-26(32)21-27(29)28(33)9-7-8-22-10-12-23(13-11-22)24-14-16-25(17-15-24)30(34)36-31(2,3)4;1-2-3-16-37-28-13-12-25(26-18-31-20-32-19-26)17-27(28)29(34)33-15-14-21-4-6-22(7-5-21)23-8-10-24(11-9-23)30(35)36;8-5(9)4-1-6-3-7-2-4/h7-16,20-23H,5-6,17-19H2,1-4H3,(H,37,38);10-19,21H,5-9,20H2,1-4H3;4-13,17-20H,2-3,14-16H2,1H3,(H,33,34)(H,35,36);1-3,8-9H. The number of amides is 2. The number of carboxylic acids is 1. The van der Waals surface area contributed by atoms with E-state index in [1.54, 1.807) is 73.3 Å². The van der Waals surface area contributed by atoms with E-state index in [2.05, 4.69) is 114 Å². The Bertz CT molecular complexity index is 5360. The lowest BCUT2D eigenvalue weighted by molar-refractivity contribution is 0.00570. The number of esters is 2. The molecule has 0 radical (unpaired) electrons. The van der Waals surface area contributed by atoms with Gasteiger partial charge in [-0.15, -0.1) is 0 Å². The van der Waals surface area contributed by atoms with Gasteiger partial charge in [0.05, 0.1) is 53.2 Å². The zero-order valence-electron chi connectivity index (χ0n) is 71.0. The van der Waals surface area contributed by atoms with E-state index in [9.17, 15) is 28.8 Å². The Morgan fingerprint density at radius 1 is 0.374 bits per heavy atom. The Hall–Kier alpha value is -12.9. The second-order valence-corrected chi connectivity index (χ2v) is 31.8. The van der Waals surface area contributed by atoms with Crippen LogP contribution in [0, 0.1) is 0 Å². The van der Waals surface area contributed by atoms with Gasteiger partial charge >= 0.3 is 25.0 Å². The topological polar surface area (TPSA) is 311 Å². The normalized spacial score (nSPS) is 10.9. The molecule has 0 fully saturated rings. The van der Waals surface area contributed by atoms with E-state index in [0.29, 0.717) is 103 Å². The van der Waals surface area contributed by atoms with Gasteiger partial charge in [-0.1, -0.05) is 177 Å². The number of aryl methyl sites for hydroxylation is 1. The number of ketones is 1. The number of aromatic nitrogens is 6. The number of aromatic carboxylic acids is 1. The molecule has 0 saturated carbocycles. The smallest absolute Gasteiger partial charge is 0.491 e. The summed E-state index contributed by atoms with van der Waals surface area (Å²) in [5.74, 6) is -0.0726. The summed E-state index contributed by atoms with van der Waals surface area (Å²) in [5, 5.41) is 32.1. The summed E-state index contributed by atoms with van der Waals surface area (Å²) in [6, 6.07) is 63.0. The SMILES string of the molecule is CCCCOc1ccc(-c2cncnc2)cc1C(=O)NCCc1ccc(-c2ccc(C(=O)O)cc2)cc1.CCCCOc1ccc(-c2cncnc2)cc1C(=O)NCCc1ccc(-c2ccc(C(=O)OC(C)(C)C)cc2)cc1.CCCCOc1ccc(Br)cc1C(=O)CCCc1ccc(-c2ccc(C(=O)OC(C)(C)C)cc2)cc1.OB(O)c1cncnc1. The highest BCUT2D eigenvalue weighted by atomic mass is 79.9. The molecule has 0 aliphatic carbocycles. The van der Waals surface area contributed by atoms with Gasteiger partial charge in [0.1, 0.15) is 47.4 Å². The largest absolute Gasteiger partial charge is 0.493 e. The first kappa shape index (κ1) is 94.0. The summed E-state index contributed by atoms with van der Waals surface area (Å²) in [6.45, 7) is 20.1. The number of hydrogen-bond donors (Lipinski definition) is 5. The number of hydrogen-bond acceptors (Lipinski definition) is 19. The van der Waals surface area contributed by atoms with Crippen molar-refractivity contribution in [3.63, 3.8) is 0 Å². The van der Waals surface area contributed by atoms with E-state index >= 15 is 0 Å². The molecule has 24 heteroatoms. The van der Waals surface area contributed by atoms with Crippen LogP contribution < -0.4 is 30.3 Å². The van der Waals surface area contributed by atoms with Crippen LogP contribution in [0.3, 0.4) is 0 Å². The van der Waals surface area contributed by atoms with Gasteiger partial charge in [-0.25, -0.2) is 44.3 Å². The van der Waals surface area contributed by atoms with Crippen molar-refractivity contribution in [1.82, 2.24) is 40.5 Å². The number of benzene rings is 9. The Morgan fingerprint density at radius 2 is 0.691 bits per heavy atom. The molecule has 12 rings (SSSR count). The Morgan fingerprint density at radius 3 is 1.02 bits per heavy atom. The fourth-order valence-corrected chi connectivity index (χ4v) is 12.6. The molecule has 12 aromatic rings. The molecular formula is C99H106BBrN8O14. The zero-order valence-corrected chi connectivity index (χ0v) is 72.6. The predicted octanol–water partition coefficient (Wildman–Crippen LogP) is 19.2. The van der Waals surface area contributed by atoms with E-state index < -0.39 is 24.3 Å². The summed E-state index contributed by atoms with van der Waals surface area (Å²) in [5.41, 5.74) is 15.1. The summed E-state index contributed by atoms with van der Waals surface area (Å²) in [7, 11) is -1.47. The number of rotatable bonds is 34. The minimum Gasteiger partial charge on any atom is -0.493 e. The first-order chi connectivity index (χ1) is 59.2. The summed E-state index contributed by atoms with van der Waals surface area (Å²) >= 11 is 3.47. The van der Waals surface area contributed by atoms with Gasteiger partial charge in [0.25, 0.3) is 11.8 Å². The quantitative estimate of drug-likeness (QED) is 0.0108. The molecule has 3 heterocycles. The Labute approximate surface area is 728 Å².